The van der Waals surface area contributed by atoms with Crippen LogP contribution < -0.4 is 0 Å². The molecule has 0 aliphatic heterocycles. The Kier molecular flexibility index (Phi) is 4.95. The van der Waals surface area contributed by atoms with E-state index in [2.05, 4.69) is 6.58 Å². The highest BCUT2D eigenvalue weighted by atomic mass is 16.3. The van der Waals surface area contributed by atoms with Crippen molar-refractivity contribution in [2.24, 2.45) is 5.92 Å². The summed E-state index contributed by atoms with van der Waals surface area (Å²) in [6.45, 7) is 7.58. The molecule has 10 heavy (non-hydrogen) atoms. The fraction of sp³-hybridized carbons (Fsp3) is 0.556. The van der Waals surface area contributed by atoms with Crippen molar-refractivity contribution in [2.75, 3.05) is 0 Å². The van der Waals surface area contributed by atoms with Gasteiger partial charge in [0, 0.05) is 0 Å². The van der Waals surface area contributed by atoms with Crippen LogP contribution in [0, 0.1) is 5.92 Å². The summed E-state index contributed by atoms with van der Waals surface area (Å²) in [4.78, 5) is 0. The third kappa shape index (κ3) is 4.33. The molecule has 0 aliphatic rings. The Labute approximate surface area is 63.1 Å². The summed E-state index contributed by atoms with van der Waals surface area (Å²) in [5.41, 5.74) is 0. The highest BCUT2D eigenvalue weighted by Crippen LogP contribution is 2.06. The van der Waals surface area contributed by atoms with Crippen LogP contribution in [0.5, 0.6) is 0 Å². The second-order valence-corrected chi connectivity index (χ2v) is 2.54. The number of rotatable bonds is 4. The van der Waals surface area contributed by atoms with Gasteiger partial charge >= 0.3 is 0 Å². The molecule has 2 unspecified atom stereocenters. The summed E-state index contributed by atoms with van der Waals surface area (Å²) >= 11 is 0. The van der Waals surface area contributed by atoms with Gasteiger partial charge in [0.05, 0.1) is 6.10 Å². The molecule has 0 saturated heterocycles. The molecule has 0 bridgehead atoms. The van der Waals surface area contributed by atoms with Crippen LogP contribution in [0.2, 0.25) is 0 Å². The molecule has 0 aromatic carbocycles. The summed E-state index contributed by atoms with van der Waals surface area (Å²) in [5.74, 6) is 0.395. The molecule has 0 aliphatic carbocycles. The molecule has 0 rings (SSSR count). The minimum Gasteiger partial charge on any atom is -0.389 e. The van der Waals surface area contributed by atoms with E-state index in [0.29, 0.717) is 5.92 Å². The molecule has 58 valence electrons. The van der Waals surface area contributed by atoms with Gasteiger partial charge in [-0.1, -0.05) is 25.2 Å². The third-order valence-corrected chi connectivity index (χ3v) is 1.43. The zero-order valence-electron chi connectivity index (χ0n) is 6.75. The van der Waals surface area contributed by atoms with Gasteiger partial charge in [0.1, 0.15) is 0 Å². The van der Waals surface area contributed by atoms with Crippen LogP contribution >= 0.6 is 0 Å². The third-order valence-electron chi connectivity index (χ3n) is 1.43. The zero-order chi connectivity index (χ0) is 7.98. The average molecular weight is 140 g/mol. The van der Waals surface area contributed by atoms with Crippen molar-refractivity contribution in [1.29, 1.82) is 0 Å². The minimum atomic E-state index is -0.307. The number of aliphatic hydroxyl groups excluding tert-OH is 1. The largest absolute Gasteiger partial charge is 0.389 e. The van der Waals surface area contributed by atoms with Crippen LogP contribution in [-0.4, -0.2) is 11.2 Å². The van der Waals surface area contributed by atoms with Gasteiger partial charge in [-0.2, -0.15) is 0 Å². The highest BCUT2D eigenvalue weighted by Gasteiger charge is 2.02. The maximum absolute atomic E-state index is 9.22. The lowest BCUT2D eigenvalue weighted by molar-refractivity contribution is 0.200. The van der Waals surface area contributed by atoms with Gasteiger partial charge in [0.2, 0.25) is 0 Å². The van der Waals surface area contributed by atoms with Crippen LogP contribution in [0.15, 0.2) is 24.8 Å². The fourth-order valence-corrected chi connectivity index (χ4v) is 0.778. The van der Waals surface area contributed by atoms with Crippen LogP contribution in [0.4, 0.5) is 0 Å². The summed E-state index contributed by atoms with van der Waals surface area (Å²) in [5, 5.41) is 9.22. The molecule has 1 nitrogen and oxygen atoms in total. The first-order valence-corrected chi connectivity index (χ1v) is 3.64. The minimum absolute atomic E-state index is 0.307. The van der Waals surface area contributed by atoms with E-state index in [-0.39, 0.29) is 6.10 Å². The summed E-state index contributed by atoms with van der Waals surface area (Å²) in [7, 11) is 0. The molecule has 0 radical (unpaired) electrons. The monoisotopic (exact) mass is 140 g/mol. The molecular formula is C9H16O. The summed E-state index contributed by atoms with van der Waals surface area (Å²) in [6, 6.07) is 0. The Morgan fingerprint density at radius 1 is 1.60 bits per heavy atom. The quantitative estimate of drug-likeness (QED) is 0.593. The van der Waals surface area contributed by atoms with E-state index in [0.717, 1.165) is 6.42 Å². The van der Waals surface area contributed by atoms with Crippen LogP contribution in [0.3, 0.4) is 0 Å². The van der Waals surface area contributed by atoms with Crippen molar-refractivity contribution < 1.29 is 5.11 Å². The van der Waals surface area contributed by atoms with Crippen LogP contribution in [0.1, 0.15) is 20.3 Å². The molecule has 0 heterocycles. The molecule has 1 N–H and O–H groups in total. The van der Waals surface area contributed by atoms with Gasteiger partial charge in [0.25, 0.3) is 0 Å². The molecule has 0 aromatic heterocycles. The van der Waals surface area contributed by atoms with Gasteiger partial charge in [-0.3, -0.25) is 0 Å². The van der Waals surface area contributed by atoms with Gasteiger partial charge < -0.3 is 5.11 Å². The maximum Gasteiger partial charge on any atom is 0.0726 e. The average Bonchev–Trinajstić information content (AvgIpc) is 1.88. The molecule has 0 aromatic rings. The fourth-order valence-electron chi connectivity index (χ4n) is 0.778. The standard InChI is InChI=1S/C9H16O/c1-4-6-9(10)7-8(3)5-2/h4-6,8-10H,2,7H2,1,3H3/b6-4+. The Balaban J connectivity index is 3.55. The highest BCUT2D eigenvalue weighted by molar-refractivity contribution is 4.89. The van der Waals surface area contributed by atoms with E-state index in [9.17, 15) is 5.11 Å². The first-order chi connectivity index (χ1) is 4.70. The Hall–Kier alpha value is -0.560. The lowest BCUT2D eigenvalue weighted by atomic mass is 10.0. The van der Waals surface area contributed by atoms with E-state index in [4.69, 9.17) is 0 Å². The molecule has 0 amide bonds. The predicted octanol–water partition coefficient (Wildman–Crippen LogP) is 2.14. The van der Waals surface area contributed by atoms with Crippen molar-refractivity contribution in [2.45, 2.75) is 26.4 Å². The van der Waals surface area contributed by atoms with E-state index in [1.54, 1.807) is 6.08 Å². The molecule has 0 spiro atoms. The van der Waals surface area contributed by atoms with Crippen LogP contribution in [-0.2, 0) is 0 Å². The SMILES string of the molecule is C=CC(C)CC(O)/C=C/C. The van der Waals surface area contributed by atoms with Crippen LogP contribution in [0.25, 0.3) is 0 Å². The van der Waals surface area contributed by atoms with Gasteiger partial charge in [-0.15, -0.1) is 6.58 Å². The van der Waals surface area contributed by atoms with E-state index < -0.39 is 0 Å². The molecule has 0 fully saturated rings. The second kappa shape index (κ2) is 5.24. The molecule has 0 saturated carbocycles. The number of hydrogen-bond acceptors (Lipinski definition) is 1. The topological polar surface area (TPSA) is 20.2 Å². The predicted molar refractivity (Wildman–Crippen MR) is 44.8 cm³/mol. The van der Waals surface area contributed by atoms with E-state index in [1.165, 1.54) is 0 Å². The normalized spacial score (nSPS) is 17.1. The van der Waals surface area contributed by atoms with Crippen molar-refractivity contribution in [3.05, 3.63) is 24.8 Å². The Bertz CT molecular complexity index is 116. The smallest absolute Gasteiger partial charge is 0.0726 e. The summed E-state index contributed by atoms with van der Waals surface area (Å²) in [6.07, 6.45) is 5.97. The van der Waals surface area contributed by atoms with Gasteiger partial charge in [-0.25, -0.2) is 0 Å². The molecule has 1 heteroatoms. The van der Waals surface area contributed by atoms with E-state index in [1.807, 2.05) is 26.0 Å². The van der Waals surface area contributed by atoms with Crippen molar-refractivity contribution in [3.63, 3.8) is 0 Å². The Morgan fingerprint density at radius 3 is 2.60 bits per heavy atom. The summed E-state index contributed by atoms with van der Waals surface area (Å²) < 4.78 is 0. The van der Waals surface area contributed by atoms with Crippen molar-refractivity contribution in [1.82, 2.24) is 0 Å². The van der Waals surface area contributed by atoms with Crippen molar-refractivity contribution >= 4 is 0 Å². The van der Waals surface area contributed by atoms with Crippen molar-refractivity contribution in [3.8, 4) is 0 Å². The number of hydrogen-bond donors (Lipinski definition) is 1. The lowest BCUT2D eigenvalue weighted by Crippen LogP contribution is -2.06. The molecule has 2 atom stereocenters. The van der Waals surface area contributed by atoms with E-state index >= 15 is 0 Å². The first kappa shape index (κ1) is 9.44. The van der Waals surface area contributed by atoms with Gasteiger partial charge in [-0.05, 0) is 19.3 Å². The number of aliphatic hydroxyl groups is 1. The molecular weight excluding hydrogens is 124 g/mol. The second-order valence-electron chi connectivity index (χ2n) is 2.54. The Morgan fingerprint density at radius 2 is 2.20 bits per heavy atom. The lowest BCUT2D eigenvalue weighted by Gasteiger charge is -2.08. The number of allylic oxidation sites excluding steroid dienone is 2. The van der Waals surface area contributed by atoms with Gasteiger partial charge in [0.15, 0.2) is 0 Å². The first-order valence-electron chi connectivity index (χ1n) is 3.64. The zero-order valence-corrected chi connectivity index (χ0v) is 6.75. The maximum atomic E-state index is 9.22.